The van der Waals surface area contributed by atoms with Crippen LogP contribution in [0.4, 0.5) is 0 Å². The van der Waals surface area contributed by atoms with Crippen molar-refractivity contribution in [2.24, 2.45) is 5.73 Å². The van der Waals surface area contributed by atoms with E-state index in [0.29, 0.717) is 19.4 Å². The minimum atomic E-state index is -3.50. The van der Waals surface area contributed by atoms with E-state index in [9.17, 15) is 8.42 Å². The summed E-state index contributed by atoms with van der Waals surface area (Å²) in [6, 6.07) is 0.219. The van der Waals surface area contributed by atoms with Gasteiger partial charge in [0.25, 0.3) is 10.0 Å². The molecule has 108 valence electrons. The summed E-state index contributed by atoms with van der Waals surface area (Å²) in [7, 11) is -3.50. The van der Waals surface area contributed by atoms with E-state index in [2.05, 4.69) is 4.98 Å². The first-order valence-electron chi connectivity index (χ1n) is 6.63. The zero-order valence-electron chi connectivity index (χ0n) is 11.7. The summed E-state index contributed by atoms with van der Waals surface area (Å²) in [4.78, 5) is 4.04. The number of aromatic nitrogens is 2. The van der Waals surface area contributed by atoms with Crippen LogP contribution in [0, 0.1) is 0 Å². The molecule has 1 aliphatic heterocycles. The van der Waals surface area contributed by atoms with E-state index >= 15 is 0 Å². The van der Waals surface area contributed by atoms with Crippen molar-refractivity contribution in [1.29, 1.82) is 0 Å². The van der Waals surface area contributed by atoms with E-state index in [1.165, 1.54) is 4.31 Å². The van der Waals surface area contributed by atoms with Gasteiger partial charge in [0.05, 0.1) is 6.33 Å². The number of nitrogens with two attached hydrogens (primary N) is 1. The van der Waals surface area contributed by atoms with Crippen molar-refractivity contribution in [3.8, 4) is 0 Å². The number of hydrogen-bond donors (Lipinski definition) is 1. The van der Waals surface area contributed by atoms with Gasteiger partial charge in [0.2, 0.25) is 0 Å². The van der Waals surface area contributed by atoms with E-state index < -0.39 is 10.0 Å². The Labute approximate surface area is 114 Å². The third-order valence-electron chi connectivity index (χ3n) is 3.60. The second-order valence-corrected chi connectivity index (χ2v) is 7.34. The van der Waals surface area contributed by atoms with Crippen LogP contribution in [0.15, 0.2) is 17.6 Å². The van der Waals surface area contributed by atoms with E-state index in [-0.39, 0.29) is 23.2 Å². The van der Waals surface area contributed by atoms with Crippen molar-refractivity contribution in [2.75, 3.05) is 6.54 Å². The Balaban J connectivity index is 2.26. The fourth-order valence-corrected chi connectivity index (χ4v) is 3.98. The second-order valence-electron chi connectivity index (χ2n) is 5.50. The minimum absolute atomic E-state index is 0.0713. The largest absolute Gasteiger partial charge is 0.334 e. The van der Waals surface area contributed by atoms with Gasteiger partial charge in [-0.15, -0.1) is 0 Å². The van der Waals surface area contributed by atoms with Gasteiger partial charge in [-0.3, -0.25) is 0 Å². The highest BCUT2D eigenvalue weighted by atomic mass is 32.2. The predicted octanol–water partition coefficient (Wildman–Crippen LogP) is 0.964. The highest BCUT2D eigenvalue weighted by molar-refractivity contribution is 7.89. The van der Waals surface area contributed by atoms with Crippen LogP contribution in [0.1, 0.15) is 39.7 Å². The van der Waals surface area contributed by atoms with Gasteiger partial charge < -0.3 is 10.3 Å². The molecule has 0 spiro atoms. The normalized spacial score (nSPS) is 25.9. The lowest BCUT2D eigenvalue weighted by Gasteiger charge is -2.34. The maximum absolute atomic E-state index is 12.5. The SMILES string of the molecule is CC(C)n1cnc(S(=O)(=O)N2CC[C@H](N)C[C@@H]2C)c1. The zero-order chi connectivity index (χ0) is 14.2. The molecule has 0 amide bonds. The van der Waals surface area contributed by atoms with Crippen molar-refractivity contribution in [1.82, 2.24) is 13.9 Å². The van der Waals surface area contributed by atoms with Crippen molar-refractivity contribution in [2.45, 2.75) is 56.8 Å². The summed E-state index contributed by atoms with van der Waals surface area (Å²) in [6.07, 6.45) is 4.57. The van der Waals surface area contributed by atoms with Crippen LogP contribution in [0.25, 0.3) is 0 Å². The van der Waals surface area contributed by atoms with Gasteiger partial charge in [0.15, 0.2) is 5.03 Å². The Bertz CT molecular complexity index is 538. The van der Waals surface area contributed by atoms with Crippen LogP contribution in [-0.4, -0.2) is 40.9 Å². The molecule has 2 rings (SSSR count). The molecule has 6 nitrogen and oxygen atoms in total. The van der Waals surface area contributed by atoms with Crippen LogP contribution < -0.4 is 5.73 Å². The molecule has 1 aromatic rings. The molecule has 1 fully saturated rings. The lowest BCUT2D eigenvalue weighted by molar-refractivity contribution is 0.246. The highest BCUT2D eigenvalue weighted by Gasteiger charge is 2.34. The Morgan fingerprint density at radius 3 is 2.68 bits per heavy atom. The maximum Gasteiger partial charge on any atom is 0.262 e. The fourth-order valence-electron chi connectivity index (χ4n) is 2.40. The van der Waals surface area contributed by atoms with E-state index in [4.69, 9.17) is 5.73 Å². The number of nitrogens with zero attached hydrogens (tertiary/aromatic N) is 3. The maximum atomic E-state index is 12.5. The van der Waals surface area contributed by atoms with Crippen LogP contribution in [0.3, 0.4) is 0 Å². The minimum Gasteiger partial charge on any atom is -0.334 e. The third kappa shape index (κ3) is 2.82. The average molecular weight is 286 g/mol. The summed E-state index contributed by atoms with van der Waals surface area (Å²) in [5.74, 6) is 0. The quantitative estimate of drug-likeness (QED) is 0.897. The van der Waals surface area contributed by atoms with Gasteiger partial charge in [-0.1, -0.05) is 0 Å². The van der Waals surface area contributed by atoms with Crippen LogP contribution >= 0.6 is 0 Å². The molecule has 2 N–H and O–H groups in total. The molecular weight excluding hydrogens is 264 g/mol. The number of piperidine rings is 1. The lowest BCUT2D eigenvalue weighted by atomic mass is 10.0. The highest BCUT2D eigenvalue weighted by Crippen LogP contribution is 2.24. The second kappa shape index (κ2) is 5.22. The first-order chi connectivity index (χ1) is 8.82. The van der Waals surface area contributed by atoms with Gasteiger partial charge in [-0.2, -0.15) is 4.31 Å². The summed E-state index contributed by atoms with van der Waals surface area (Å²) in [5, 5.41) is 0.128. The first kappa shape index (κ1) is 14.5. The first-order valence-corrected chi connectivity index (χ1v) is 8.07. The molecule has 0 bridgehead atoms. The fraction of sp³-hybridized carbons (Fsp3) is 0.750. The summed E-state index contributed by atoms with van der Waals surface area (Å²) >= 11 is 0. The molecule has 7 heteroatoms. The molecule has 0 saturated carbocycles. The molecule has 19 heavy (non-hydrogen) atoms. The van der Waals surface area contributed by atoms with E-state index in [1.54, 1.807) is 17.1 Å². The van der Waals surface area contributed by atoms with Crippen LogP contribution in [-0.2, 0) is 10.0 Å². The van der Waals surface area contributed by atoms with E-state index in [1.807, 2.05) is 20.8 Å². The Kier molecular flexibility index (Phi) is 3.98. The number of sulfonamides is 1. The van der Waals surface area contributed by atoms with Crippen LogP contribution in [0.2, 0.25) is 0 Å². The van der Waals surface area contributed by atoms with Gasteiger partial charge in [-0.25, -0.2) is 13.4 Å². The topological polar surface area (TPSA) is 81.2 Å². The lowest BCUT2D eigenvalue weighted by Crippen LogP contribution is -2.48. The summed E-state index contributed by atoms with van der Waals surface area (Å²) in [5.41, 5.74) is 5.87. The van der Waals surface area contributed by atoms with E-state index in [0.717, 1.165) is 0 Å². The van der Waals surface area contributed by atoms with Crippen LogP contribution in [0.5, 0.6) is 0 Å². The van der Waals surface area contributed by atoms with Gasteiger partial charge in [-0.05, 0) is 33.6 Å². The van der Waals surface area contributed by atoms with Crippen molar-refractivity contribution in [3.05, 3.63) is 12.5 Å². The molecular formula is C12H22N4O2S. The third-order valence-corrected chi connectivity index (χ3v) is 5.50. The monoisotopic (exact) mass is 286 g/mol. The molecule has 0 aromatic carbocycles. The molecule has 2 heterocycles. The van der Waals surface area contributed by atoms with Crippen molar-refractivity contribution < 1.29 is 8.42 Å². The smallest absolute Gasteiger partial charge is 0.262 e. The van der Waals surface area contributed by atoms with Crippen molar-refractivity contribution >= 4 is 10.0 Å². The number of rotatable bonds is 3. The van der Waals surface area contributed by atoms with Gasteiger partial charge >= 0.3 is 0 Å². The standard InChI is InChI=1S/C12H22N4O2S/c1-9(2)15-7-12(14-8-15)19(17,18)16-5-4-11(13)6-10(16)3/h7-11H,4-6,13H2,1-3H3/t10-,11-/m0/s1. The predicted molar refractivity (Wildman–Crippen MR) is 73.2 cm³/mol. The number of imidazole rings is 1. The van der Waals surface area contributed by atoms with Crippen molar-refractivity contribution in [3.63, 3.8) is 0 Å². The average Bonchev–Trinajstić information content (AvgIpc) is 2.78. The summed E-state index contributed by atoms with van der Waals surface area (Å²) in [6.45, 7) is 6.34. The van der Waals surface area contributed by atoms with Gasteiger partial charge in [0, 0.05) is 30.9 Å². The summed E-state index contributed by atoms with van der Waals surface area (Å²) < 4.78 is 28.4. The molecule has 1 aliphatic rings. The molecule has 1 aromatic heterocycles. The Morgan fingerprint density at radius 2 is 2.16 bits per heavy atom. The molecule has 1 saturated heterocycles. The Hall–Kier alpha value is -0.920. The number of hydrogen-bond acceptors (Lipinski definition) is 4. The molecule has 0 aliphatic carbocycles. The molecule has 0 unspecified atom stereocenters. The van der Waals surface area contributed by atoms with Gasteiger partial charge in [0.1, 0.15) is 0 Å². The zero-order valence-corrected chi connectivity index (χ0v) is 12.5. The Morgan fingerprint density at radius 1 is 1.47 bits per heavy atom. The molecule has 0 radical (unpaired) electrons. The molecule has 2 atom stereocenters.